The highest BCUT2D eigenvalue weighted by atomic mass is 16.4. The van der Waals surface area contributed by atoms with Crippen molar-refractivity contribution in [3.63, 3.8) is 0 Å². The van der Waals surface area contributed by atoms with E-state index in [1.807, 2.05) is 0 Å². The summed E-state index contributed by atoms with van der Waals surface area (Å²) in [4.78, 5) is 3.91. The smallest absolute Gasteiger partial charge is 0.219 e. The van der Waals surface area contributed by atoms with Crippen LogP contribution in [0.1, 0.15) is 26.1 Å². The van der Waals surface area contributed by atoms with Gasteiger partial charge in [-0.3, -0.25) is 4.68 Å². The molecule has 78 valence electrons. The van der Waals surface area contributed by atoms with Gasteiger partial charge in [0.15, 0.2) is 0 Å². The summed E-state index contributed by atoms with van der Waals surface area (Å²) in [5.41, 5.74) is 5.33. The van der Waals surface area contributed by atoms with Gasteiger partial charge in [-0.05, 0) is 5.92 Å². The molecule has 0 fully saturated rings. The Morgan fingerprint density at radius 2 is 2.50 bits per heavy atom. The molecule has 0 amide bonds. The Labute approximate surface area is 82.4 Å². The Morgan fingerprint density at radius 1 is 1.79 bits per heavy atom. The number of hydrogen-bond acceptors (Lipinski definition) is 4. The van der Waals surface area contributed by atoms with Crippen molar-refractivity contribution in [1.29, 1.82) is 0 Å². The summed E-state index contributed by atoms with van der Waals surface area (Å²) in [7, 11) is 0. The van der Waals surface area contributed by atoms with E-state index in [9.17, 15) is 0 Å². The van der Waals surface area contributed by atoms with Crippen molar-refractivity contribution < 1.29 is 5.21 Å². The Kier molecular flexibility index (Phi) is 3.44. The van der Waals surface area contributed by atoms with Gasteiger partial charge in [0, 0.05) is 6.54 Å². The molecule has 0 radical (unpaired) electrons. The molecule has 14 heavy (non-hydrogen) atoms. The van der Waals surface area contributed by atoms with Crippen LogP contribution >= 0.6 is 0 Å². The van der Waals surface area contributed by atoms with E-state index in [-0.39, 0.29) is 11.7 Å². The van der Waals surface area contributed by atoms with Gasteiger partial charge in [-0.15, -0.1) is 5.10 Å². The minimum Gasteiger partial charge on any atom is -0.409 e. The summed E-state index contributed by atoms with van der Waals surface area (Å²) in [6.07, 6.45) is 2.66. The molecule has 6 heteroatoms. The van der Waals surface area contributed by atoms with Gasteiger partial charge in [-0.1, -0.05) is 25.4 Å². The lowest BCUT2D eigenvalue weighted by molar-refractivity contribution is 0.318. The van der Waals surface area contributed by atoms with Crippen LogP contribution in [-0.4, -0.2) is 25.8 Å². The number of hydrogen-bond donors (Lipinski definition) is 2. The van der Waals surface area contributed by atoms with Gasteiger partial charge in [0.2, 0.25) is 11.7 Å². The molecule has 0 aromatic carbocycles. The van der Waals surface area contributed by atoms with Crippen molar-refractivity contribution in [3.8, 4) is 0 Å². The Hall–Kier alpha value is -1.59. The molecular weight excluding hydrogens is 182 g/mol. The lowest BCUT2D eigenvalue weighted by atomic mass is 10.1. The molecule has 1 atom stereocenters. The van der Waals surface area contributed by atoms with Crippen LogP contribution in [0.15, 0.2) is 11.5 Å². The van der Waals surface area contributed by atoms with E-state index in [1.165, 1.54) is 0 Å². The second-order valence-electron chi connectivity index (χ2n) is 3.29. The van der Waals surface area contributed by atoms with Crippen LogP contribution in [0.25, 0.3) is 0 Å². The molecule has 0 bridgehead atoms. The zero-order chi connectivity index (χ0) is 10.6. The largest absolute Gasteiger partial charge is 0.409 e. The maximum atomic E-state index is 8.40. The molecule has 1 aromatic heterocycles. The van der Waals surface area contributed by atoms with E-state index in [4.69, 9.17) is 10.9 Å². The van der Waals surface area contributed by atoms with E-state index in [0.29, 0.717) is 5.92 Å². The molecule has 3 N–H and O–H groups in total. The second-order valence-corrected chi connectivity index (χ2v) is 3.29. The standard InChI is InChI=1S/C8H15N5O/c1-3-6(2)4-13-5-10-8(11-13)7(9)12-14/h5-6,14H,3-4H2,1-2H3,(H2,9,12). The molecule has 1 unspecified atom stereocenters. The number of aromatic nitrogens is 3. The first-order chi connectivity index (χ1) is 6.67. The number of oxime groups is 1. The highest BCUT2D eigenvalue weighted by Crippen LogP contribution is 2.03. The lowest BCUT2D eigenvalue weighted by Crippen LogP contribution is -2.16. The summed E-state index contributed by atoms with van der Waals surface area (Å²) < 4.78 is 1.70. The van der Waals surface area contributed by atoms with Gasteiger partial charge < -0.3 is 10.9 Å². The molecule has 0 aliphatic carbocycles. The number of nitrogens with zero attached hydrogens (tertiary/aromatic N) is 4. The van der Waals surface area contributed by atoms with Crippen molar-refractivity contribution in [2.45, 2.75) is 26.8 Å². The van der Waals surface area contributed by atoms with Crippen LogP contribution in [0.3, 0.4) is 0 Å². The fourth-order valence-corrected chi connectivity index (χ4v) is 0.993. The van der Waals surface area contributed by atoms with Crippen LogP contribution in [0, 0.1) is 5.92 Å². The molecule has 1 heterocycles. The molecular formula is C8H15N5O. The maximum absolute atomic E-state index is 8.40. The molecule has 0 aliphatic rings. The molecule has 6 nitrogen and oxygen atoms in total. The Bertz CT molecular complexity index is 319. The molecule has 1 aromatic rings. The Morgan fingerprint density at radius 3 is 3.07 bits per heavy atom. The third kappa shape index (κ3) is 2.45. The summed E-state index contributed by atoms with van der Waals surface area (Å²) >= 11 is 0. The zero-order valence-electron chi connectivity index (χ0n) is 8.38. The van der Waals surface area contributed by atoms with Crippen LogP contribution in [-0.2, 0) is 6.54 Å². The summed E-state index contributed by atoms with van der Waals surface area (Å²) in [5, 5.41) is 15.3. The lowest BCUT2D eigenvalue weighted by Gasteiger charge is -2.06. The first-order valence-electron chi connectivity index (χ1n) is 4.54. The van der Waals surface area contributed by atoms with Gasteiger partial charge in [0.25, 0.3) is 0 Å². The van der Waals surface area contributed by atoms with Crippen LogP contribution in [0.5, 0.6) is 0 Å². The van der Waals surface area contributed by atoms with Crippen LogP contribution in [0.2, 0.25) is 0 Å². The van der Waals surface area contributed by atoms with Gasteiger partial charge in [-0.25, -0.2) is 4.98 Å². The van der Waals surface area contributed by atoms with E-state index in [0.717, 1.165) is 13.0 Å². The van der Waals surface area contributed by atoms with Crippen molar-refractivity contribution >= 4 is 5.84 Å². The molecule has 0 spiro atoms. The minimum absolute atomic E-state index is 0.0621. The summed E-state index contributed by atoms with van der Waals surface area (Å²) in [5.74, 6) is 0.737. The normalized spacial score (nSPS) is 14.3. The molecule has 1 rings (SSSR count). The fourth-order valence-electron chi connectivity index (χ4n) is 0.993. The zero-order valence-corrected chi connectivity index (χ0v) is 8.38. The third-order valence-electron chi connectivity index (χ3n) is 2.07. The van der Waals surface area contributed by atoms with Gasteiger partial charge in [-0.2, -0.15) is 0 Å². The van der Waals surface area contributed by atoms with Gasteiger partial charge >= 0.3 is 0 Å². The Balaban J connectivity index is 2.68. The predicted octanol–water partition coefficient (Wildman–Crippen LogP) is 0.419. The second kappa shape index (κ2) is 4.59. The van der Waals surface area contributed by atoms with Crippen molar-refractivity contribution in [1.82, 2.24) is 14.8 Å². The van der Waals surface area contributed by atoms with E-state index in [2.05, 4.69) is 29.1 Å². The van der Waals surface area contributed by atoms with Crippen LogP contribution < -0.4 is 5.73 Å². The number of amidine groups is 1. The monoisotopic (exact) mass is 197 g/mol. The highest BCUT2D eigenvalue weighted by Gasteiger charge is 2.07. The van der Waals surface area contributed by atoms with Crippen LogP contribution in [0.4, 0.5) is 0 Å². The summed E-state index contributed by atoms with van der Waals surface area (Å²) in [6.45, 7) is 5.04. The topological polar surface area (TPSA) is 89.3 Å². The van der Waals surface area contributed by atoms with Crippen molar-refractivity contribution in [3.05, 3.63) is 12.2 Å². The van der Waals surface area contributed by atoms with E-state index < -0.39 is 0 Å². The minimum atomic E-state index is -0.0621. The first-order valence-corrected chi connectivity index (χ1v) is 4.54. The van der Waals surface area contributed by atoms with Gasteiger partial charge in [0.1, 0.15) is 6.33 Å². The van der Waals surface area contributed by atoms with E-state index >= 15 is 0 Å². The third-order valence-corrected chi connectivity index (χ3v) is 2.07. The average molecular weight is 197 g/mol. The average Bonchev–Trinajstić information content (AvgIpc) is 2.65. The van der Waals surface area contributed by atoms with Crippen molar-refractivity contribution in [2.75, 3.05) is 0 Å². The number of rotatable bonds is 4. The predicted molar refractivity (Wildman–Crippen MR) is 52.0 cm³/mol. The molecule has 0 saturated heterocycles. The first kappa shape index (κ1) is 10.5. The highest BCUT2D eigenvalue weighted by molar-refractivity contribution is 5.93. The fraction of sp³-hybridized carbons (Fsp3) is 0.625. The summed E-state index contributed by atoms with van der Waals surface area (Å²) in [6, 6.07) is 0. The SMILES string of the molecule is CCC(C)Cn1cnc(C(N)=NO)n1. The van der Waals surface area contributed by atoms with E-state index in [1.54, 1.807) is 11.0 Å². The van der Waals surface area contributed by atoms with Gasteiger partial charge in [0.05, 0.1) is 0 Å². The molecule has 0 aliphatic heterocycles. The maximum Gasteiger partial charge on any atom is 0.219 e. The number of nitrogens with two attached hydrogens (primary N) is 1. The molecule has 0 saturated carbocycles. The van der Waals surface area contributed by atoms with Crippen molar-refractivity contribution in [2.24, 2.45) is 16.8 Å². The quantitative estimate of drug-likeness (QED) is 0.317.